The number of benzene rings is 2. The largest absolute Gasteiger partial charge is 0.497 e. The molecular formula is C34H40N6O7. The van der Waals surface area contributed by atoms with Crippen LogP contribution in [-0.2, 0) is 32.0 Å². The molecular weight excluding hydrogens is 604 g/mol. The van der Waals surface area contributed by atoms with Crippen molar-refractivity contribution in [3.8, 4) is 17.2 Å². The molecule has 248 valence electrons. The Kier molecular flexibility index (Phi) is 10.0. The highest BCUT2D eigenvalue weighted by Gasteiger charge is 2.31. The lowest BCUT2D eigenvalue weighted by Crippen LogP contribution is -2.33. The number of carbonyl (C=O) groups excluding carboxylic acids is 2. The Morgan fingerprint density at radius 2 is 1.89 bits per heavy atom. The van der Waals surface area contributed by atoms with Gasteiger partial charge in [0.1, 0.15) is 24.2 Å². The maximum atomic E-state index is 13.0. The molecule has 0 spiro atoms. The molecule has 2 aliphatic rings. The number of nitrogens with one attached hydrogen (secondary N) is 3. The Morgan fingerprint density at radius 1 is 1.09 bits per heavy atom. The van der Waals surface area contributed by atoms with E-state index in [4.69, 9.17) is 23.7 Å². The summed E-state index contributed by atoms with van der Waals surface area (Å²) in [5.41, 5.74) is 3.95. The van der Waals surface area contributed by atoms with Gasteiger partial charge < -0.3 is 34.3 Å². The number of ether oxygens (including phenoxy) is 5. The summed E-state index contributed by atoms with van der Waals surface area (Å²) in [6.45, 7) is 5.04. The van der Waals surface area contributed by atoms with Crippen LogP contribution >= 0.6 is 0 Å². The Labute approximate surface area is 272 Å². The molecule has 3 heterocycles. The number of carbonyl (C=O) groups is 2. The fourth-order valence-corrected chi connectivity index (χ4v) is 5.83. The van der Waals surface area contributed by atoms with Crippen LogP contribution in [0.2, 0.25) is 0 Å². The molecule has 13 nitrogen and oxygen atoms in total. The fraction of sp³-hybridized carbons (Fsp3) is 0.412. The summed E-state index contributed by atoms with van der Waals surface area (Å²) in [7, 11) is 1.59. The summed E-state index contributed by atoms with van der Waals surface area (Å²) in [5.74, 6) is 1.49. The second kappa shape index (κ2) is 14.7. The molecule has 4 aromatic rings. The Bertz CT molecular complexity index is 1660. The topological polar surface area (TPSA) is 151 Å². The summed E-state index contributed by atoms with van der Waals surface area (Å²) in [6.07, 6.45) is 4.65. The lowest BCUT2D eigenvalue weighted by molar-refractivity contribution is -0.115. The van der Waals surface area contributed by atoms with E-state index in [9.17, 15) is 9.59 Å². The van der Waals surface area contributed by atoms with E-state index in [1.165, 1.54) is 0 Å². The standard InChI is InChI=1S/C34H40N6O7/c1-21(2)36-34(42)47-25-10-9-24(14-25)27-17-30(39-38-27)37-31(41)13-23-18-35-40(19-23)28-15-26(43-3)16-29(32(28)33-44-11-12-45-33)46-20-22-7-5-4-6-8-22/h4-8,15-19,21,24-25,33H,9-14,20H2,1-3H3,(H,36,42)(H2,37,38,39,41)/t24-,25+/m0/s1. The van der Waals surface area contributed by atoms with Crippen molar-refractivity contribution in [1.82, 2.24) is 25.3 Å². The molecule has 2 atom stereocenters. The predicted molar refractivity (Wildman–Crippen MR) is 172 cm³/mol. The first-order valence-electron chi connectivity index (χ1n) is 15.8. The van der Waals surface area contributed by atoms with Gasteiger partial charge in [0.05, 0.1) is 44.2 Å². The van der Waals surface area contributed by atoms with Gasteiger partial charge in [-0.15, -0.1) is 0 Å². The minimum atomic E-state index is -0.648. The number of anilines is 1. The molecule has 2 aromatic heterocycles. The van der Waals surface area contributed by atoms with Crippen molar-refractivity contribution in [1.29, 1.82) is 0 Å². The molecule has 3 N–H and O–H groups in total. The quantitative estimate of drug-likeness (QED) is 0.190. The first-order chi connectivity index (χ1) is 22.8. The number of nitrogens with zero attached hydrogens (tertiary/aromatic N) is 3. The van der Waals surface area contributed by atoms with Gasteiger partial charge in [-0.3, -0.25) is 9.89 Å². The maximum absolute atomic E-state index is 13.0. The molecule has 2 fully saturated rings. The van der Waals surface area contributed by atoms with E-state index in [1.54, 1.807) is 24.2 Å². The van der Waals surface area contributed by atoms with Crippen molar-refractivity contribution in [2.45, 2.75) is 70.5 Å². The zero-order valence-electron chi connectivity index (χ0n) is 26.7. The zero-order chi connectivity index (χ0) is 32.8. The van der Waals surface area contributed by atoms with Crippen LogP contribution in [0.3, 0.4) is 0 Å². The summed E-state index contributed by atoms with van der Waals surface area (Å²) >= 11 is 0. The van der Waals surface area contributed by atoms with Gasteiger partial charge in [0.25, 0.3) is 0 Å². The second-order valence-electron chi connectivity index (χ2n) is 12.0. The van der Waals surface area contributed by atoms with Gasteiger partial charge in [-0.2, -0.15) is 10.2 Å². The monoisotopic (exact) mass is 644 g/mol. The van der Waals surface area contributed by atoms with Gasteiger partial charge in [-0.05, 0) is 44.2 Å². The predicted octanol–water partition coefficient (Wildman–Crippen LogP) is 5.18. The highest BCUT2D eigenvalue weighted by Crippen LogP contribution is 2.40. The summed E-state index contributed by atoms with van der Waals surface area (Å²) < 4.78 is 30.9. The molecule has 13 heteroatoms. The normalized spacial score (nSPS) is 18.0. The molecule has 0 bridgehead atoms. The number of rotatable bonds is 12. The number of methoxy groups -OCH3 is 1. The van der Waals surface area contributed by atoms with Crippen molar-refractivity contribution in [3.63, 3.8) is 0 Å². The molecule has 0 radical (unpaired) electrons. The van der Waals surface area contributed by atoms with Gasteiger partial charge in [0, 0.05) is 42.0 Å². The number of hydrogen-bond acceptors (Lipinski definition) is 9. The number of hydrogen-bond donors (Lipinski definition) is 3. The summed E-state index contributed by atoms with van der Waals surface area (Å²) in [5, 5.41) is 17.5. The number of alkyl carbamates (subject to hydrolysis) is 1. The first kappa shape index (κ1) is 32.1. The van der Waals surface area contributed by atoms with E-state index in [2.05, 4.69) is 25.9 Å². The van der Waals surface area contributed by atoms with Gasteiger partial charge in [-0.1, -0.05) is 30.3 Å². The van der Waals surface area contributed by atoms with Crippen LogP contribution in [0.1, 0.15) is 67.7 Å². The molecule has 47 heavy (non-hydrogen) atoms. The van der Waals surface area contributed by atoms with Gasteiger partial charge >= 0.3 is 6.09 Å². The lowest BCUT2D eigenvalue weighted by Gasteiger charge is -2.20. The lowest BCUT2D eigenvalue weighted by atomic mass is 10.0. The SMILES string of the molecule is COc1cc(OCc2ccccc2)c(C2OCCO2)c(-n2cc(CC(=O)Nc3cc([C@H]4CC[C@@H](OC(=O)NC(C)C)C4)[nH]n3)cn2)c1. The smallest absolute Gasteiger partial charge is 0.407 e. The molecule has 1 saturated heterocycles. The van der Waals surface area contributed by atoms with Crippen LogP contribution < -0.4 is 20.1 Å². The third-order valence-electron chi connectivity index (χ3n) is 8.04. The number of H-pyrrole nitrogens is 1. The number of amides is 2. The average molecular weight is 645 g/mol. The van der Waals surface area contributed by atoms with Crippen LogP contribution in [0.5, 0.6) is 11.5 Å². The van der Waals surface area contributed by atoms with Crippen LogP contribution in [0.15, 0.2) is 60.9 Å². The van der Waals surface area contributed by atoms with Crippen molar-refractivity contribution < 1.29 is 33.3 Å². The van der Waals surface area contributed by atoms with Crippen LogP contribution in [0.25, 0.3) is 5.69 Å². The third kappa shape index (κ3) is 8.10. The zero-order valence-corrected chi connectivity index (χ0v) is 26.7. The molecule has 0 unspecified atom stereocenters. The molecule has 1 saturated carbocycles. The average Bonchev–Trinajstić information content (AvgIpc) is 3.88. The molecule has 1 aliphatic carbocycles. The van der Waals surface area contributed by atoms with E-state index in [1.807, 2.05) is 62.4 Å². The van der Waals surface area contributed by atoms with Crippen LogP contribution in [0.4, 0.5) is 10.6 Å². The van der Waals surface area contributed by atoms with Gasteiger partial charge in [0.15, 0.2) is 12.1 Å². The van der Waals surface area contributed by atoms with Crippen LogP contribution in [0, 0.1) is 0 Å². The highest BCUT2D eigenvalue weighted by molar-refractivity contribution is 5.91. The maximum Gasteiger partial charge on any atom is 0.407 e. The Balaban J connectivity index is 1.12. The van der Waals surface area contributed by atoms with E-state index in [0.29, 0.717) is 60.4 Å². The fourth-order valence-electron chi connectivity index (χ4n) is 5.83. The van der Waals surface area contributed by atoms with Crippen molar-refractivity contribution >= 4 is 17.8 Å². The molecule has 1 aliphatic heterocycles. The molecule has 6 rings (SSSR count). The van der Waals surface area contributed by atoms with E-state index in [-0.39, 0.29) is 30.4 Å². The van der Waals surface area contributed by atoms with Crippen LogP contribution in [-0.4, -0.2) is 64.4 Å². The van der Waals surface area contributed by atoms with Crippen molar-refractivity contribution in [3.05, 3.63) is 83.3 Å². The minimum absolute atomic E-state index is 0.0193. The van der Waals surface area contributed by atoms with E-state index >= 15 is 0 Å². The third-order valence-corrected chi connectivity index (χ3v) is 8.04. The van der Waals surface area contributed by atoms with Gasteiger partial charge in [0.2, 0.25) is 5.91 Å². The number of aromatic nitrogens is 4. The van der Waals surface area contributed by atoms with E-state index in [0.717, 1.165) is 24.1 Å². The second-order valence-corrected chi connectivity index (χ2v) is 12.0. The summed E-state index contributed by atoms with van der Waals surface area (Å²) in [6, 6.07) is 15.4. The van der Waals surface area contributed by atoms with Crippen molar-refractivity contribution in [2.24, 2.45) is 0 Å². The Morgan fingerprint density at radius 3 is 2.66 bits per heavy atom. The number of aromatic amines is 1. The van der Waals surface area contributed by atoms with E-state index < -0.39 is 12.4 Å². The Hall–Kier alpha value is -4.88. The van der Waals surface area contributed by atoms with Crippen molar-refractivity contribution in [2.75, 3.05) is 25.6 Å². The molecule has 2 aromatic carbocycles. The first-order valence-corrected chi connectivity index (χ1v) is 15.8. The van der Waals surface area contributed by atoms with Gasteiger partial charge in [-0.25, -0.2) is 9.48 Å². The molecule has 2 amide bonds. The summed E-state index contributed by atoms with van der Waals surface area (Å²) in [4.78, 5) is 25.0. The minimum Gasteiger partial charge on any atom is -0.497 e. The highest BCUT2D eigenvalue weighted by atomic mass is 16.7.